The Balaban J connectivity index is 2.32. The van der Waals surface area contributed by atoms with E-state index < -0.39 is 12.3 Å². The first-order valence-corrected chi connectivity index (χ1v) is 3.46. The summed E-state index contributed by atoms with van der Waals surface area (Å²) in [6.45, 7) is 0. The van der Waals surface area contributed by atoms with Gasteiger partial charge in [-0.3, -0.25) is 0 Å². The van der Waals surface area contributed by atoms with Gasteiger partial charge in [-0.05, 0) is 12.8 Å². The van der Waals surface area contributed by atoms with Crippen molar-refractivity contribution in [1.82, 2.24) is 0 Å². The Morgan fingerprint density at radius 2 is 2.00 bits per heavy atom. The molecule has 0 nitrogen and oxygen atoms in total. The molecule has 0 saturated heterocycles. The lowest BCUT2D eigenvalue weighted by Gasteiger charge is -2.05. The van der Waals surface area contributed by atoms with E-state index in [2.05, 4.69) is 0 Å². The summed E-state index contributed by atoms with van der Waals surface area (Å²) < 4.78 is 24.8. The Morgan fingerprint density at radius 1 is 1.22 bits per heavy atom. The summed E-state index contributed by atoms with van der Waals surface area (Å²) in [5.74, 6) is 0. The molecule has 1 radical (unpaired) electrons. The highest BCUT2D eigenvalue weighted by Gasteiger charge is 2.23. The van der Waals surface area contributed by atoms with E-state index in [4.69, 9.17) is 0 Å². The minimum atomic E-state index is -1.26. The largest absolute Gasteiger partial charge is 0.244 e. The summed E-state index contributed by atoms with van der Waals surface area (Å²) in [6, 6.07) is 0. The summed E-state index contributed by atoms with van der Waals surface area (Å²) in [4.78, 5) is 0. The van der Waals surface area contributed by atoms with Crippen LogP contribution in [0.2, 0.25) is 0 Å². The van der Waals surface area contributed by atoms with Crippen LogP contribution in [-0.2, 0) is 0 Å². The highest BCUT2D eigenvalue weighted by Crippen LogP contribution is 2.27. The van der Waals surface area contributed by atoms with Gasteiger partial charge in [-0.15, -0.1) is 0 Å². The van der Waals surface area contributed by atoms with Crippen molar-refractivity contribution in [2.24, 2.45) is 0 Å². The second-order valence-corrected chi connectivity index (χ2v) is 2.51. The molecule has 0 N–H and O–H groups in total. The molecule has 1 aliphatic carbocycles. The summed E-state index contributed by atoms with van der Waals surface area (Å²) in [5.41, 5.74) is 0. The minimum absolute atomic E-state index is 0.348. The zero-order valence-corrected chi connectivity index (χ0v) is 5.37. The van der Waals surface area contributed by atoms with Crippen molar-refractivity contribution < 1.29 is 8.78 Å². The lowest BCUT2D eigenvalue weighted by Crippen LogP contribution is -2.05. The van der Waals surface area contributed by atoms with Crippen LogP contribution in [0.25, 0.3) is 0 Å². The molecule has 0 spiro atoms. The second kappa shape index (κ2) is 3.14. The summed E-state index contributed by atoms with van der Waals surface area (Å²) in [7, 11) is 0. The molecule has 0 aromatic heterocycles. The molecule has 0 bridgehead atoms. The van der Waals surface area contributed by atoms with Gasteiger partial charge in [0.1, 0.15) is 6.17 Å². The van der Waals surface area contributed by atoms with Gasteiger partial charge in [0.2, 0.25) is 0 Å². The standard InChI is InChI=1S/C7H11F2/c8-6-4-2-1-3-5-7(6)9/h6H,1-5H2. The molecule has 53 valence electrons. The van der Waals surface area contributed by atoms with Crippen LogP contribution in [-0.4, -0.2) is 6.17 Å². The van der Waals surface area contributed by atoms with Crippen molar-refractivity contribution in [1.29, 1.82) is 0 Å². The number of hydrogen-bond donors (Lipinski definition) is 0. The Bertz CT molecular complexity index is 73.0. The SMILES string of the molecule is F[C]1CCCCCC1F. The van der Waals surface area contributed by atoms with Gasteiger partial charge in [0.05, 0.1) is 0 Å². The number of alkyl halides is 1. The third kappa shape index (κ3) is 1.92. The van der Waals surface area contributed by atoms with Gasteiger partial charge in [0.25, 0.3) is 0 Å². The topological polar surface area (TPSA) is 0 Å². The van der Waals surface area contributed by atoms with Crippen LogP contribution in [0, 0.1) is 6.17 Å². The number of hydrogen-bond acceptors (Lipinski definition) is 0. The van der Waals surface area contributed by atoms with Crippen LogP contribution in [0.5, 0.6) is 0 Å². The lowest BCUT2D eigenvalue weighted by molar-refractivity contribution is 0.245. The van der Waals surface area contributed by atoms with Crippen molar-refractivity contribution in [3.05, 3.63) is 6.17 Å². The van der Waals surface area contributed by atoms with E-state index >= 15 is 0 Å². The summed E-state index contributed by atoms with van der Waals surface area (Å²) >= 11 is 0. The molecule has 1 rings (SSSR count). The van der Waals surface area contributed by atoms with Gasteiger partial charge in [-0.25, -0.2) is 8.78 Å². The van der Waals surface area contributed by atoms with Gasteiger partial charge in [0, 0.05) is 0 Å². The maximum atomic E-state index is 12.4. The van der Waals surface area contributed by atoms with Crippen LogP contribution in [0.4, 0.5) is 8.78 Å². The normalized spacial score (nSPS) is 32.0. The Morgan fingerprint density at radius 3 is 2.78 bits per heavy atom. The zero-order chi connectivity index (χ0) is 6.69. The Labute approximate surface area is 54.3 Å². The predicted octanol–water partition coefficient (Wildman–Crippen LogP) is 2.79. The van der Waals surface area contributed by atoms with Crippen LogP contribution in [0.1, 0.15) is 32.1 Å². The van der Waals surface area contributed by atoms with E-state index in [9.17, 15) is 8.78 Å². The monoisotopic (exact) mass is 133 g/mol. The second-order valence-electron chi connectivity index (χ2n) is 2.51. The molecule has 0 aromatic rings. The molecule has 9 heavy (non-hydrogen) atoms. The molecule has 1 unspecified atom stereocenters. The van der Waals surface area contributed by atoms with Gasteiger partial charge in [0.15, 0.2) is 6.17 Å². The highest BCUT2D eigenvalue weighted by atomic mass is 19.2. The van der Waals surface area contributed by atoms with E-state index in [1.807, 2.05) is 0 Å². The molecule has 0 aromatic carbocycles. The van der Waals surface area contributed by atoms with Crippen LogP contribution in [0.15, 0.2) is 0 Å². The molecule has 1 fully saturated rings. The third-order valence-corrected chi connectivity index (χ3v) is 1.71. The molecule has 1 atom stereocenters. The third-order valence-electron chi connectivity index (χ3n) is 1.71. The number of halogens is 2. The summed E-state index contributed by atoms with van der Waals surface area (Å²) in [6.07, 6.45) is 1.70. The van der Waals surface area contributed by atoms with Crippen LogP contribution >= 0.6 is 0 Å². The van der Waals surface area contributed by atoms with Crippen molar-refractivity contribution in [3.63, 3.8) is 0 Å². The fraction of sp³-hybridized carbons (Fsp3) is 0.857. The van der Waals surface area contributed by atoms with E-state index in [1.54, 1.807) is 0 Å². The first kappa shape index (κ1) is 6.97. The van der Waals surface area contributed by atoms with Gasteiger partial charge in [-0.1, -0.05) is 19.3 Å². The highest BCUT2D eigenvalue weighted by molar-refractivity contribution is 4.87. The molecule has 0 aliphatic heterocycles. The van der Waals surface area contributed by atoms with Gasteiger partial charge < -0.3 is 0 Å². The van der Waals surface area contributed by atoms with Crippen LogP contribution in [0.3, 0.4) is 0 Å². The van der Waals surface area contributed by atoms with E-state index in [1.165, 1.54) is 0 Å². The Kier molecular flexibility index (Phi) is 2.43. The molecule has 1 saturated carbocycles. The fourth-order valence-corrected chi connectivity index (χ4v) is 1.11. The van der Waals surface area contributed by atoms with Crippen molar-refractivity contribution in [3.8, 4) is 0 Å². The van der Waals surface area contributed by atoms with E-state index in [-0.39, 0.29) is 0 Å². The molecular formula is C7H11F2. The summed E-state index contributed by atoms with van der Waals surface area (Å²) in [5, 5.41) is 0. The van der Waals surface area contributed by atoms with Crippen molar-refractivity contribution in [2.45, 2.75) is 38.3 Å². The number of rotatable bonds is 0. The van der Waals surface area contributed by atoms with Gasteiger partial charge in [-0.2, -0.15) is 0 Å². The van der Waals surface area contributed by atoms with Crippen molar-refractivity contribution in [2.75, 3.05) is 0 Å². The molecule has 2 heteroatoms. The fourth-order valence-electron chi connectivity index (χ4n) is 1.11. The predicted molar refractivity (Wildman–Crippen MR) is 32.3 cm³/mol. The molecule has 0 amide bonds. The quantitative estimate of drug-likeness (QED) is 0.446. The maximum Gasteiger partial charge on any atom is 0.178 e. The molecule has 0 heterocycles. The van der Waals surface area contributed by atoms with Gasteiger partial charge >= 0.3 is 0 Å². The lowest BCUT2D eigenvalue weighted by atomic mass is 10.1. The zero-order valence-electron chi connectivity index (χ0n) is 5.37. The van der Waals surface area contributed by atoms with Crippen molar-refractivity contribution >= 4 is 0 Å². The molecule has 1 aliphatic rings. The van der Waals surface area contributed by atoms with E-state index in [0.29, 0.717) is 12.8 Å². The van der Waals surface area contributed by atoms with E-state index in [0.717, 1.165) is 19.3 Å². The first-order chi connectivity index (χ1) is 4.30. The minimum Gasteiger partial charge on any atom is -0.244 e. The van der Waals surface area contributed by atoms with Crippen LogP contribution < -0.4 is 0 Å². The first-order valence-electron chi connectivity index (χ1n) is 3.46. The maximum absolute atomic E-state index is 12.4. The average Bonchev–Trinajstić information content (AvgIpc) is 1.99. The smallest absolute Gasteiger partial charge is 0.178 e. The average molecular weight is 133 g/mol. The molecular weight excluding hydrogens is 122 g/mol. The Hall–Kier alpha value is -0.140.